The Hall–Kier alpha value is -1.17. The Morgan fingerprint density at radius 2 is 2.29 bits per heavy atom. The van der Waals surface area contributed by atoms with Crippen molar-refractivity contribution in [2.24, 2.45) is 5.92 Å². The molecule has 114 valence electrons. The van der Waals surface area contributed by atoms with Gasteiger partial charge in [-0.1, -0.05) is 19.1 Å². The van der Waals surface area contributed by atoms with Crippen molar-refractivity contribution in [2.75, 3.05) is 12.3 Å². The molecule has 0 aliphatic carbocycles. The molecule has 1 aliphatic rings. The number of aromatic nitrogens is 1. The second kappa shape index (κ2) is 6.73. The monoisotopic (exact) mass is 327 g/mol. The van der Waals surface area contributed by atoms with Crippen molar-refractivity contribution in [3.05, 3.63) is 46.7 Å². The summed E-state index contributed by atoms with van der Waals surface area (Å²) in [6.07, 6.45) is 2.97. The fraction of sp³-hybridized carbons (Fsp3) is 0.400. The number of hydrogen-bond donors (Lipinski definition) is 1. The highest BCUT2D eigenvalue weighted by Gasteiger charge is 2.32. The van der Waals surface area contributed by atoms with Crippen molar-refractivity contribution >= 4 is 28.9 Å². The van der Waals surface area contributed by atoms with E-state index in [2.05, 4.69) is 16.8 Å². The maximum absolute atomic E-state index is 13.5. The largest absolute Gasteiger partial charge is 0.375 e. The van der Waals surface area contributed by atoms with E-state index in [-0.39, 0.29) is 24.3 Å². The number of nitrogen functional groups attached to an aromatic ring is 1. The number of likely N-dealkylation sites (tertiary alicyclic amines) is 1. The van der Waals surface area contributed by atoms with E-state index in [1.807, 2.05) is 12.3 Å². The van der Waals surface area contributed by atoms with Gasteiger partial charge in [0.1, 0.15) is 5.82 Å². The average molecular weight is 328 g/mol. The zero-order chi connectivity index (χ0) is 14.1. The van der Waals surface area contributed by atoms with Crippen LogP contribution in [0.15, 0.2) is 30.5 Å². The molecular formula is C15H19ClFN3S. The summed E-state index contributed by atoms with van der Waals surface area (Å²) in [4.78, 5) is 7.66. The van der Waals surface area contributed by atoms with Crippen LogP contribution in [0.2, 0.25) is 0 Å². The first kappa shape index (κ1) is 16.2. The van der Waals surface area contributed by atoms with E-state index in [9.17, 15) is 4.39 Å². The third-order valence-corrected chi connectivity index (χ3v) is 4.74. The van der Waals surface area contributed by atoms with Crippen LogP contribution in [0.25, 0.3) is 0 Å². The van der Waals surface area contributed by atoms with Crippen molar-refractivity contribution in [3.8, 4) is 0 Å². The standard InChI is InChI=1S/C15H18FN3S.ClH/c1-10-5-6-19(9-13-8-18-15(17)20-13)14(10)11-3-2-4-12(16)7-11;/h2-4,7-8,10,14H,5-6,9H2,1H3,(H2,17,18);1H. The molecule has 1 aromatic carbocycles. The summed E-state index contributed by atoms with van der Waals surface area (Å²) in [5.41, 5.74) is 6.75. The van der Waals surface area contributed by atoms with Crippen molar-refractivity contribution in [2.45, 2.75) is 25.9 Å². The Morgan fingerprint density at radius 1 is 1.48 bits per heavy atom. The van der Waals surface area contributed by atoms with Crippen LogP contribution >= 0.6 is 23.7 Å². The summed E-state index contributed by atoms with van der Waals surface area (Å²) in [6, 6.07) is 7.23. The normalized spacial score (nSPS) is 22.2. The molecule has 0 spiro atoms. The minimum Gasteiger partial charge on any atom is -0.375 e. The Bertz CT molecular complexity index is 604. The van der Waals surface area contributed by atoms with Gasteiger partial charge < -0.3 is 5.73 Å². The number of nitrogens with two attached hydrogens (primary N) is 1. The van der Waals surface area contributed by atoms with Crippen LogP contribution in [0, 0.1) is 11.7 Å². The van der Waals surface area contributed by atoms with Crippen LogP contribution < -0.4 is 5.73 Å². The molecular weight excluding hydrogens is 309 g/mol. The van der Waals surface area contributed by atoms with Gasteiger partial charge in [0.25, 0.3) is 0 Å². The molecule has 1 aromatic heterocycles. The van der Waals surface area contributed by atoms with Gasteiger partial charge in [-0.05, 0) is 36.6 Å². The Kier molecular flexibility index (Phi) is 5.19. The molecule has 2 aromatic rings. The van der Waals surface area contributed by atoms with Crippen molar-refractivity contribution in [3.63, 3.8) is 0 Å². The first-order valence-electron chi connectivity index (χ1n) is 6.83. The summed E-state index contributed by atoms with van der Waals surface area (Å²) in [5.74, 6) is 0.366. The average Bonchev–Trinajstić information content (AvgIpc) is 2.97. The van der Waals surface area contributed by atoms with Gasteiger partial charge in [0.2, 0.25) is 0 Å². The van der Waals surface area contributed by atoms with Crippen molar-refractivity contribution in [1.29, 1.82) is 0 Å². The van der Waals surface area contributed by atoms with Crippen LogP contribution in [-0.4, -0.2) is 16.4 Å². The number of anilines is 1. The van der Waals surface area contributed by atoms with Gasteiger partial charge in [0, 0.05) is 23.7 Å². The van der Waals surface area contributed by atoms with Crippen LogP contribution in [0.5, 0.6) is 0 Å². The molecule has 0 amide bonds. The highest BCUT2D eigenvalue weighted by Crippen LogP contribution is 2.38. The highest BCUT2D eigenvalue weighted by atomic mass is 35.5. The molecule has 21 heavy (non-hydrogen) atoms. The molecule has 1 fully saturated rings. The number of thiazole rings is 1. The van der Waals surface area contributed by atoms with Gasteiger partial charge in [0.05, 0.1) is 0 Å². The predicted octanol–water partition coefficient (Wildman–Crippen LogP) is 3.87. The SMILES string of the molecule is CC1CCN(Cc2cnc(N)s2)C1c1cccc(F)c1.Cl. The van der Waals surface area contributed by atoms with E-state index in [1.165, 1.54) is 17.4 Å². The van der Waals surface area contributed by atoms with E-state index in [4.69, 9.17) is 5.73 Å². The lowest BCUT2D eigenvalue weighted by Crippen LogP contribution is -2.24. The van der Waals surface area contributed by atoms with E-state index in [1.54, 1.807) is 12.1 Å². The van der Waals surface area contributed by atoms with Gasteiger partial charge in [-0.25, -0.2) is 9.37 Å². The van der Waals surface area contributed by atoms with Gasteiger partial charge in [-0.2, -0.15) is 0 Å². The molecule has 3 nitrogen and oxygen atoms in total. The van der Waals surface area contributed by atoms with Crippen LogP contribution in [-0.2, 0) is 6.54 Å². The molecule has 2 N–H and O–H groups in total. The fourth-order valence-electron chi connectivity index (χ4n) is 3.03. The Morgan fingerprint density at radius 3 is 2.95 bits per heavy atom. The first-order valence-corrected chi connectivity index (χ1v) is 7.65. The quantitative estimate of drug-likeness (QED) is 0.930. The minimum absolute atomic E-state index is 0. The molecule has 6 heteroatoms. The van der Waals surface area contributed by atoms with Gasteiger partial charge in [-0.3, -0.25) is 4.90 Å². The summed E-state index contributed by atoms with van der Waals surface area (Å²) >= 11 is 1.53. The summed E-state index contributed by atoms with van der Waals surface area (Å²) < 4.78 is 13.5. The first-order chi connectivity index (χ1) is 9.63. The molecule has 2 heterocycles. The second-order valence-electron chi connectivity index (χ2n) is 5.40. The molecule has 0 bridgehead atoms. The van der Waals surface area contributed by atoms with Crippen molar-refractivity contribution < 1.29 is 4.39 Å². The second-order valence-corrected chi connectivity index (χ2v) is 6.55. The Labute approximate surface area is 134 Å². The molecule has 0 saturated carbocycles. The van der Waals surface area contributed by atoms with E-state index in [0.29, 0.717) is 11.0 Å². The summed E-state index contributed by atoms with van der Waals surface area (Å²) in [5, 5.41) is 0.606. The van der Waals surface area contributed by atoms with E-state index in [0.717, 1.165) is 30.0 Å². The molecule has 1 aliphatic heterocycles. The lowest BCUT2D eigenvalue weighted by Gasteiger charge is -2.26. The lowest BCUT2D eigenvalue weighted by atomic mass is 9.95. The van der Waals surface area contributed by atoms with Gasteiger partial charge in [0.15, 0.2) is 5.13 Å². The highest BCUT2D eigenvalue weighted by molar-refractivity contribution is 7.15. The van der Waals surface area contributed by atoms with Crippen molar-refractivity contribution in [1.82, 2.24) is 9.88 Å². The molecule has 0 radical (unpaired) electrons. The molecule has 2 unspecified atom stereocenters. The number of benzene rings is 1. The zero-order valence-electron chi connectivity index (χ0n) is 11.8. The maximum atomic E-state index is 13.5. The summed E-state index contributed by atoms with van der Waals surface area (Å²) in [6.45, 7) is 4.09. The molecule has 2 atom stereocenters. The van der Waals surface area contributed by atoms with E-state index >= 15 is 0 Å². The lowest BCUT2D eigenvalue weighted by molar-refractivity contribution is 0.227. The van der Waals surface area contributed by atoms with Gasteiger partial charge in [-0.15, -0.1) is 23.7 Å². The van der Waals surface area contributed by atoms with Crippen LogP contribution in [0.1, 0.15) is 29.8 Å². The number of rotatable bonds is 3. The number of nitrogens with zero attached hydrogens (tertiary/aromatic N) is 2. The van der Waals surface area contributed by atoms with Gasteiger partial charge >= 0.3 is 0 Å². The third-order valence-electron chi connectivity index (χ3n) is 3.92. The van der Waals surface area contributed by atoms with Crippen LogP contribution in [0.3, 0.4) is 0 Å². The topological polar surface area (TPSA) is 42.2 Å². The minimum atomic E-state index is -0.163. The van der Waals surface area contributed by atoms with Crippen LogP contribution in [0.4, 0.5) is 9.52 Å². The summed E-state index contributed by atoms with van der Waals surface area (Å²) in [7, 11) is 0. The number of hydrogen-bond acceptors (Lipinski definition) is 4. The zero-order valence-corrected chi connectivity index (χ0v) is 13.5. The molecule has 3 rings (SSSR count). The molecule has 1 saturated heterocycles. The third kappa shape index (κ3) is 3.54. The smallest absolute Gasteiger partial charge is 0.180 e. The maximum Gasteiger partial charge on any atom is 0.180 e. The Balaban J connectivity index is 0.00000161. The van der Waals surface area contributed by atoms with E-state index < -0.39 is 0 Å². The predicted molar refractivity (Wildman–Crippen MR) is 87.1 cm³/mol. The fourth-order valence-corrected chi connectivity index (χ4v) is 3.74. The number of halogens is 2.